The van der Waals surface area contributed by atoms with Crippen LogP contribution in [0.5, 0.6) is 0 Å². The number of aryl methyl sites for hydroxylation is 1. The number of allylic oxidation sites excluding steroid dienone is 3. The van der Waals surface area contributed by atoms with Gasteiger partial charge in [-0.2, -0.15) is 0 Å². The van der Waals surface area contributed by atoms with Crippen LogP contribution in [0.4, 0.5) is 0 Å². The molecule has 186 valence electrons. The lowest BCUT2D eigenvalue weighted by molar-refractivity contribution is 0.841. The van der Waals surface area contributed by atoms with Crippen molar-refractivity contribution in [3.63, 3.8) is 0 Å². The molecule has 7 rings (SSSR count). The van der Waals surface area contributed by atoms with Gasteiger partial charge in [-0.05, 0) is 86.7 Å². The number of rotatable bonds is 4. The van der Waals surface area contributed by atoms with E-state index in [4.69, 9.17) is 5.41 Å². The lowest BCUT2D eigenvalue weighted by atomic mass is 9.67. The van der Waals surface area contributed by atoms with E-state index in [1.165, 1.54) is 55.7 Å². The second kappa shape index (κ2) is 8.64. The third kappa shape index (κ3) is 3.11. The van der Waals surface area contributed by atoms with Crippen LogP contribution in [-0.4, -0.2) is 5.71 Å². The molecule has 0 amide bonds. The average molecular weight is 500 g/mol. The Morgan fingerprint density at radius 2 is 1.21 bits per heavy atom. The van der Waals surface area contributed by atoms with Gasteiger partial charge in [-0.1, -0.05) is 122 Å². The van der Waals surface area contributed by atoms with E-state index in [1.54, 1.807) is 0 Å². The van der Waals surface area contributed by atoms with Crippen LogP contribution >= 0.6 is 0 Å². The molecule has 0 radical (unpaired) electrons. The molecule has 0 aliphatic heterocycles. The average Bonchev–Trinajstić information content (AvgIpc) is 3.43. The van der Waals surface area contributed by atoms with Gasteiger partial charge in [0, 0.05) is 11.3 Å². The zero-order chi connectivity index (χ0) is 26.7. The third-order valence-corrected chi connectivity index (χ3v) is 8.57. The van der Waals surface area contributed by atoms with Gasteiger partial charge in [-0.3, -0.25) is 0 Å². The van der Waals surface area contributed by atoms with Gasteiger partial charge >= 0.3 is 0 Å². The quantitative estimate of drug-likeness (QED) is 0.238. The third-order valence-electron chi connectivity index (χ3n) is 8.57. The van der Waals surface area contributed by atoms with E-state index < -0.39 is 5.41 Å². The van der Waals surface area contributed by atoms with E-state index in [0.29, 0.717) is 5.71 Å². The minimum Gasteiger partial charge on any atom is -0.305 e. The first-order valence-corrected chi connectivity index (χ1v) is 13.5. The van der Waals surface area contributed by atoms with Gasteiger partial charge in [-0.25, -0.2) is 0 Å². The lowest BCUT2D eigenvalue weighted by Crippen LogP contribution is -2.27. The minimum atomic E-state index is -0.437. The van der Waals surface area contributed by atoms with E-state index in [2.05, 4.69) is 117 Å². The van der Waals surface area contributed by atoms with Crippen LogP contribution in [0.15, 0.2) is 128 Å². The molecule has 5 aromatic carbocycles. The van der Waals surface area contributed by atoms with Crippen LogP contribution in [0.25, 0.3) is 33.4 Å². The molecule has 1 N–H and O–H groups in total. The zero-order valence-electron chi connectivity index (χ0n) is 22.3. The molecule has 1 atom stereocenters. The second-order valence-electron chi connectivity index (χ2n) is 10.6. The Hall–Kier alpha value is -4.75. The summed E-state index contributed by atoms with van der Waals surface area (Å²) in [5.74, 6) is 0. The van der Waals surface area contributed by atoms with Crippen LogP contribution in [0.3, 0.4) is 0 Å². The standard InChI is InChI=1S/C38H29N/c1-4-27-31-17-9-11-19-34(31)38(37(27)28-14-6-5-13-24(28)2)35-20-12-10-18-32(35)33-23-26(21-22-36(33)38)30-16-8-7-15-29(30)25(3)39/h4-23,39H,1H2,2-3H3. The molecule has 39 heavy (non-hydrogen) atoms. The van der Waals surface area contributed by atoms with E-state index in [-0.39, 0.29) is 0 Å². The molecule has 0 bridgehead atoms. The minimum absolute atomic E-state index is 0.437. The maximum Gasteiger partial charge on any atom is 0.0731 e. The van der Waals surface area contributed by atoms with E-state index in [0.717, 1.165) is 16.7 Å². The summed E-state index contributed by atoms with van der Waals surface area (Å²) in [5.41, 5.74) is 16.1. The van der Waals surface area contributed by atoms with Crippen LogP contribution in [0.1, 0.15) is 45.9 Å². The normalized spacial score (nSPS) is 16.7. The summed E-state index contributed by atoms with van der Waals surface area (Å²) in [6, 6.07) is 41.7. The highest BCUT2D eigenvalue weighted by atomic mass is 14.5. The fourth-order valence-corrected chi connectivity index (χ4v) is 7.00. The Bertz CT molecular complexity index is 1870. The van der Waals surface area contributed by atoms with Crippen LogP contribution < -0.4 is 0 Å². The van der Waals surface area contributed by atoms with Gasteiger partial charge in [0.15, 0.2) is 0 Å². The van der Waals surface area contributed by atoms with Crippen molar-refractivity contribution in [3.8, 4) is 22.3 Å². The van der Waals surface area contributed by atoms with Crippen molar-refractivity contribution in [2.24, 2.45) is 0 Å². The summed E-state index contributed by atoms with van der Waals surface area (Å²) in [4.78, 5) is 0. The highest BCUT2D eigenvalue weighted by Gasteiger charge is 2.53. The van der Waals surface area contributed by atoms with Crippen LogP contribution in [0, 0.1) is 12.3 Å². The van der Waals surface area contributed by atoms with E-state index in [9.17, 15) is 0 Å². The molecule has 1 unspecified atom stereocenters. The molecule has 1 nitrogen and oxygen atoms in total. The number of benzene rings is 5. The summed E-state index contributed by atoms with van der Waals surface area (Å²) < 4.78 is 0. The molecule has 0 aromatic heterocycles. The largest absolute Gasteiger partial charge is 0.305 e. The van der Waals surface area contributed by atoms with Crippen LogP contribution in [-0.2, 0) is 5.41 Å². The highest BCUT2D eigenvalue weighted by Crippen LogP contribution is 2.65. The molecule has 2 aliphatic carbocycles. The summed E-state index contributed by atoms with van der Waals surface area (Å²) in [7, 11) is 0. The molecular formula is C38H29N. The van der Waals surface area contributed by atoms with Crippen molar-refractivity contribution in [2.45, 2.75) is 19.3 Å². The maximum absolute atomic E-state index is 8.38. The zero-order valence-corrected chi connectivity index (χ0v) is 22.3. The molecule has 0 heterocycles. The first kappa shape index (κ1) is 23.4. The van der Waals surface area contributed by atoms with Crippen LogP contribution in [0.2, 0.25) is 0 Å². The monoisotopic (exact) mass is 499 g/mol. The fraction of sp³-hybridized carbons (Fsp3) is 0.0789. The van der Waals surface area contributed by atoms with Gasteiger partial charge in [0.1, 0.15) is 0 Å². The molecule has 0 saturated carbocycles. The number of hydrogen-bond acceptors (Lipinski definition) is 1. The Kier molecular flexibility index (Phi) is 5.18. The van der Waals surface area contributed by atoms with Gasteiger partial charge in [0.05, 0.1) is 5.41 Å². The van der Waals surface area contributed by atoms with E-state index in [1.807, 2.05) is 25.1 Å². The van der Waals surface area contributed by atoms with Gasteiger partial charge in [0.2, 0.25) is 0 Å². The van der Waals surface area contributed by atoms with Crippen molar-refractivity contribution in [3.05, 3.63) is 167 Å². The summed E-state index contributed by atoms with van der Waals surface area (Å²) in [6.45, 7) is 8.39. The number of fused-ring (bicyclic) bond motifs is 7. The SMILES string of the molecule is C=CC1=C(c2ccccc2C)C2(c3ccccc31)c1ccccc1-c1cc(-c3ccccc3C(C)=N)ccc12. The number of hydrogen-bond donors (Lipinski definition) is 1. The lowest BCUT2D eigenvalue weighted by Gasteiger charge is -2.33. The molecular weight excluding hydrogens is 470 g/mol. The fourth-order valence-electron chi connectivity index (χ4n) is 7.00. The van der Waals surface area contributed by atoms with Gasteiger partial charge in [-0.15, -0.1) is 0 Å². The summed E-state index contributed by atoms with van der Waals surface area (Å²) in [6.07, 6.45) is 2.05. The smallest absolute Gasteiger partial charge is 0.0731 e. The molecule has 0 saturated heterocycles. The topological polar surface area (TPSA) is 23.9 Å². The van der Waals surface area contributed by atoms with Crippen molar-refractivity contribution < 1.29 is 0 Å². The Morgan fingerprint density at radius 3 is 1.90 bits per heavy atom. The van der Waals surface area contributed by atoms with Crippen molar-refractivity contribution in [2.75, 3.05) is 0 Å². The summed E-state index contributed by atoms with van der Waals surface area (Å²) in [5, 5.41) is 8.38. The molecule has 5 aromatic rings. The molecule has 1 heteroatoms. The molecule has 1 spiro atoms. The van der Waals surface area contributed by atoms with Crippen molar-refractivity contribution >= 4 is 16.9 Å². The molecule has 2 aliphatic rings. The Morgan fingerprint density at radius 1 is 0.641 bits per heavy atom. The van der Waals surface area contributed by atoms with Gasteiger partial charge < -0.3 is 5.41 Å². The highest BCUT2D eigenvalue weighted by molar-refractivity contribution is 6.12. The maximum atomic E-state index is 8.38. The van der Waals surface area contributed by atoms with Crippen molar-refractivity contribution in [1.29, 1.82) is 5.41 Å². The second-order valence-corrected chi connectivity index (χ2v) is 10.6. The van der Waals surface area contributed by atoms with Crippen molar-refractivity contribution in [1.82, 2.24) is 0 Å². The predicted molar refractivity (Wildman–Crippen MR) is 164 cm³/mol. The Balaban J connectivity index is 1.61. The summed E-state index contributed by atoms with van der Waals surface area (Å²) >= 11 is 0. The van der Waals surface area contributed by atoms with E-state index >= 15 is 0 Å². The Labute approximate surface area is 230 Å². The van der Waals surface area contributed by atoms with Gasteiger partial charge in [0.25, 0.3) is 0 Å². The first-order valence-electron chi connectivity index (χ1n) is 13.5. The number of nitrogens with one attached hydrogen (secondary N) is 1. The molecule has 0 fully saturated rings. The predicted octanol–water partition coefficient (Wildman–Crippen LogP) is 9.47. The first-order chi connectivity index (χ1) is 19.1.